The first-order chi connectivity index (χ1) is 14.1. The molecule has 4 rings (SSSR count). The van der Waals surface area contributed by atoms with Crippen LogP contribution < -0.4 is 5.73 Å². The lowest BCUT2D eigenvalue weighted by atomic mass is 10.1. The highest BCUT2D eigenvalue weighted by Gasteiger charge is 2.35. The zero-order valence-electron chi connectivity index (χ0n) is 17.0. The van der Waals surface area contributed by atoms with Crippen LogP contribution in [0.15, 0.2) is 18.3 Å². The van der Waals surface area contributed by atoms with Crippen molar-refractivity contribution in [3.63, 3.8) is 0 Å². The summed E-state index contributed by atoms with van der Waals surface area (Å²) in [5.41, 5.74) is 6.33. The van der Waals surface area contributed by atoms with Crippen molar-refractivity contribution in [3.8, 4) is 0 Å². The van der Waals surface area contributed by atoms with E-state index in [0.717, 1.165) is 44.2 Å². The van der Waals surface area contributed by atoms with Crippen LogP contribution in [0, 0.1) is 0 Å². The van der Waals surface area contributed by atoms with Gasteiger partial charge in [-0.25, -0.2) is 4.79 Å². The topological polar surface area (TPSA) is 92.0 Å². The Kier molecular flexibility index (Phi) is 6.30. The zero-order valence-corrected chi connectivity index (χ0v) is 17.0. The molecule has 3 amide bonds. The van der Waals surface area contributed by atoms with Crippen LogP contribution in [0.2, 0.25) is 0 Å². The number of likely N-dealkylation sites (tertiary alicyclic amines) is 1. The molecule has 1 aliphatic carbocycles. The Morgan fingerprint density at radius 1 is 1.03 bits per heavy atom. The molecule has 2 aliphatic heterocycles. The molecule has 2 N–H and O–H groups in total. The fraction of sp³-hybridized carbons (Fsp3) is 0.667. The van der Waals surface area contributed by atoms with Gasteiger partial charge in [0, 0.05) is 38.4 Å². The van der Waals surface area contributed by atoms with Crippen LogP contribution in [-0.4, -0.2) is 83.0 Å². The van der Waals surface area contributed by atoms with Gasteiger partial charge in [-0.3, -0.25) is 14.7 Å². The third kappa shape index (κ3) is 4.87. The minimum absolute atomic E-state index is 0.0525. The molecule has 3 aliphatic rings. The van der Waals surface area contributed by atoms with Crippen LogP contribution in [-0.2, 0) is 11.3 Å². The van der Waals surface area contributed by atoms with E-state index in [0.29, 0.717) is 19.7 Å². The highest BCUT2D eigenvalue weighted by atomic mass is 16.5. The summed E-state index contributed by atoms with van der Waals surface area (Å²) in [7, 11) is 0. The van der Waals surface area contributed by atoms with Gasteiger partial charge in [-0.1, -0.05) is 18.9 Å². The van der Waals surface area contributed by atoms with Crippen molar-refractivity contribution in [1.82, 2.24) is 19.7 Å². The molecule has 1 aromatic rings. The van der Waals surface area contributed by atoms with Crippen molar-refractivity contribution in [1.29, 1.82) is 0 Å². The SMILES string of the molecule is NC(=O)c1ccc(COC2CN(C(=O)N3CCCN(C4CCCC4)CC3)C2)cn1. The van der Waals surface area contributed by atoms with Crippen LogP contribution >= 0.6 is 0 Å². The largest absolute Gasteiger partial charge is 0.370 e. The number of urea groups is 1. The van der Waals surface area contributed by atoms with Gasteiger partial charge in [0.25, 0.3) is 5.91 Å². The van der Waals surface area contributed by atoms with Crippen molar-refractivity contribution in [2.24, 2.45) is 5.73 Å². The van der Waals surface area contributed by atoms with Gasteiger partial charge >= 0.3 is 6.03 Å². The van der Waals surface area contributed by atoms with Crippen LogP contribution in [0.25, 0.3) is 0 Å². The van der Waals surface area contributed by atoms with Gasteiger partial charge in [0.05, 0.1) is 25.8 Å². The number of amides is 3. The summed E-state index contributed by atoms with van der Waals surface area (Å²) in [6.07, 6.45) is 8.06. The van der Waals surface area contributed by atoms with E-state index < -0.39 is 5.91 Å². The first-order valence-electron chi connectivity index (χ1n) is 10.7. The molecule has 3 heterocycles. The van der Waals surface area contributed by atoms with Crippen molar-refractivity contribution in [2.45, 2.75) is 50.9 Å². The lowest BCUT2D eigenvalue weighted by molar-refractivity contribution is -0.0493. The molecule has 1 saturated carbocycles. The van der Waals surface area contributed by atoms with E-state index in [-0.39, 0.29) is 17.8 Å². The summed E-state index contributed by atoms with van der Waals surface area (Å²) < 4.78 is 5.86. The third-order valence-electron chi connectivity index (χ3n) is 6.32. The van der Waals surface area contributed by atoms with Gasteiger partial charge < -0.3 is 20.3 Å². The Labute approximate surface area is 172 Å². The highest BCUT2D eigenvalue weighted by molar-refractivity contribution is 5.90. The number of primary amides is 1. The number of rotatable bonds is 5. The van der Waals surface area contributed by atoms with Gasteiger partial charge in [0.15, 0.2) is 0 Å². The lowest BCUT2D eigenvalue weighted by Gasteiger charge is -2.41. The van der Waals surface area contributed by atoms with E-state index in [9.17, 15) is 9.59 Å². The quantitative estimate of drug-likeness (QED) is 0.806. The number of hydrogen-bond donors (Lipinski definition) is 1. The zero-order chi connectivity index (χ0) is 20.2. The maximum Gasteiger partial charge on any atom is 0.320 e. The maximum atomic E-state index is 12.8. The van der Waals surface area contributed by atoms with Crippen molar-refractivity contribution in [3.05, 3.63) is 29.6 Å². The number of carbonyl (C=O) groups excluding carboxylic acids is 2. The normalized spacial score (nSPS) is 21.8. The molecular weight excluding hydrogens is 370 g/mol. The molecule has 0 spiro atoms. The van der Waals surface area contributed by atoms with Gasteiger partial charge in [0.2, 0.25) is 0 Å². The average Bonchev–Trinajstić information content (AvgIpc) is 3.11. The van der Waals surface area contributed by atoms with Crippen molar-refractivity contribution < 1.29 is 14.3 Å². The molecule has 0 bridgehead atoms. The van der Waals surface area contributed by atoms with E-state index >= 15 is 0 Å². The first kappa shape index (κ1) is 20.1. The third-order valence-corrected chi connectivity index (χ3v) is 6.32. The molecule has 0 radical (unpaired) electrons. The maximum absolute atomic E-state index is 12.8. The number of aromatic nitrogens is 1. The summed E-state index contributed by atoms with van der Waals surface area (Å²) in [6, 6.07) is 4.28. The highest BCUT2D eigenvalue weighted by Crippen LogP contribution is 2.25. The minimum atomic E-state index is -0.537. The number of nitrogens with zero attached hydrogens (tertiary/aromatic N) is 4. The van der Waals surface area contributed by atoms with Crippen LogP contribution in [0.1, 0.15) is 48.2 Å². The summed E-state index contributed by atoms with van der Waals surface area (Å²) in [6.45, 7) is 5.47. The minimum Gasteiger partial charge on any atom is -0.370 e. The van der Waals surface area contributed by atoms with Crippen molar-refractivity contribution >= 4 is 11.9 Å². The van der Waals surface area contributed by atoms with Gasteiger partial charge in [-0.15, -0.1) is 0 Å². The molecule has 0 aromatic carbocycles. The lowest BCUT2D eigenvalue weighted by Crippen LogP contribution is -2.58. The number of nitrogens with two attached hydrogens (primary N) is 1. The molecule has 158 valence electrons. The molecule has 8 heteroatoms. The van der Waals surface area contributed by atoms with E-state index in [1.807, 2.05) is 9.80 Å². The molecule has 1 aromatic heterocycles. The predicted molar refractivity (Wildman–Crippen MR) is 108 cm³/mol. The number of hydrogen-bond acceptors (Lipinski definition) is 5. The van der Waals surface area contributed by atoms with Crippen molar-refractivity contribution in [2.75, 3.05) is 39.3 Å². The van der Waals surface area contributed by atoms with Gasteiger partial charge in [0.1, 0.15) is 5.69 Å². The average molecular weight is 402 g/mol. The van der Waals surface area contributed by atoms with Gasteiger partial charge in [-0.05, 0) is 30.9 Å². The summed E-state index contributed by atoms with van der Waals surface area (Å²) in [4.78, 5) is 34.4. The van der Waals surface area contributed by atoms with E-state index in [1.165, 1.54) is 25.7 Å². The standard InChI is InChI=1S/C21H31N5O3/c22-20(27)19-7-6-16(12-23-19)15-29-18-13-26(14-18)21(28)25-9-3-8-24(10-11-25)17-4-1-2-5-17/h6-7,12,17-18H,1-5,8-11,13-15H2,(H2,22,27). The number of pyridine rings is 1. The second-order valence-corrected chi connectivity index (χ2v) is 8.35. The molecule has 0 unspecified atom stereocenters. The molecule has 0 atom stereocenters. The Hall–Kier alpha value is -2.19. The van der Waals surface area contributed by atoms with E-state index in [1.54, 1.807) is 18.3 Å². The Balaban J connectivity index is 1.18. The molecular formula is C21H31N5O3. The Morgan fingerprint density at radius 3 is 2.52 bits per heavy atom. The fourth-order valence-electron chi connectivity index (χ4n) is 4.53. The van der Waals surface area contributed by atoms with Gasteiger partial charge in [-0.2, -0.15) is 0 Å². The molecule has 2 saturated heterocycles. The number of carbonyl (C=O) groups is 2. The van der Waals surface area contributed by atoms with E-state index in [2.05, 4.69) is 9.88 Å². The summed E-state index contributed by atoms with van der Waals surface area (Å²) >= 11 is 0. The Morgan fingerprint density at radius 2 is 1.83 bits per heavy atom. The smallest absolute Gasteiger partial charge is 0.320 e. The predicted octanol–water partition coefficient (Wildman–Crippen LogP) is 1.45. The second-order valence-electron chi connectivity index (χ2n) is 8.35. The molecule has 29 heavy (non-hydrogen) atoms. The number of ether oxygens (including phenoxy) is 1. The Bertz CT molecular complexity index is 714. The monoisotopic (exact) mass is 401 g/mol. The molecule has 3 fully saturated rings. The fourth-order valence-corrected chi connectivity index (χ4v) is 4.53. The van der Waals surface area contributed by atoms with Crippen LogP contribution in [0.5, 0.6) is 0 Å². The second kappa shape index (κ2) is 9.09. The summed E-state index contributed by atoms with van der Waals surface area (Å²) in [5, 5.41) is 0. The van der Waals surface area contributed by atoms with Crippen LogP contribution in [0.3, 0.4) is 0 Å². The van der Waals surface area contributed by atoms with E-state index in [4.69, 9.17) is 10.5 Å². The molecule has 8 nitrogen and oxygen atoms in total. The summed E-state index contributed by atoms with van der Waals surface area (Å²) in [5.74, 6) is -0.537. The van der Waals surface area contributed by atoms with Crippen LogP contribution in [0.4, 0.5) is 4.79 Å². The first-order valence-corrected chi connectivity index (χ1v) is 10.7.